The first kappa shape index (κ1) is 12.7. The minimum Gasteiger partial charge on any atom is -0.299 e. The second-order valence-electron chi connectivity index (χ2n) is 4.48. The number of thiophene rings is 1. The van der Waals surface area contributed by atoms with Crippen LogP contribution in [0.2, 0.25) is 0 Å². The summed E-state index contributed by atoms with van der Waals surface area (Å²) in [5, 5.41) is 15.1. The highest BCUT2D eigenvalue weighted by Crippen LogP contribution is 2.32. The van der Waals surface area contributed by atoms with E-state index in [1.807, 2.05) is 0 Å². The molecule has 1 amide bonds. The Morgan fingerprint density at radius 2 is 2.53 bits per heavy atom. The summed E-state index contributed by atoms with van der Waals surface area (Å²) in [6, 6.07) is 2.53. The van der Waals surface area contributed by atoms with E-state index in [0.717, 1.165) is 19.4 Å². The summed E-state index contributed by atoms with van der Waals surface area (Å²) in [6.45, 7) is 1.39. The van der Waals surface area contributed by atoms with E-state index in [2.05, 4.69) is 37.2 Å². The van der Waals surface area contributed by atoms with Gasteiger partial charge in [-0.25, -0.2) is 0 Å². The second-order valence-corrected chi connectivity index (χ2v) is 6.09. The number of hydrogen-bond acceptors (Lipinski definition) is 6. The van der Waals surface area contributed by atoms with Crippen molar-refractivity contribution >= 4 is 33.7 Å². The Labute approximate surface area is 119 Å². The molecule has 7 heteroatoms. The lowest BCUT2D eigenvalue weighted by Crippen LogP contribution is -2.32. The zero-order valence-corrected chi connectivity index (χ0v) is 11.9. The fourth-order valence-electron chi connectivity index (χ4n) is 2.43. The number of aromatic nitrogens is 2. The van der Waals surface area contributed by atoms with Crippen LogP contribution < -0.4 is 5.32 Å². The van der Waals surface area contributed by atoms with E-state index < -0.39 is 0 Å². The summed E-state index contributed by atoms with van der Waals surface area (Å²) >= 11 is 3.04. The zero-order valence-electron chi connectivity index (χ0n) is 10.3. The van der Waals surface area contributed by atoms with Crippen molar-refractivity contribution in [3.63, 3.8) is 0 Å². The van der Waals surface area contributed by atoms with E-state index in [9.17, 15) is 4.79 Å². The first-order chi connectivity index (χ1) is 9.33. The summed E-state index contributed by atoms with van der Waals surface area (Å²) in [5.41, 5.74) is 2.94. The SMILES string of the molecule is O=C(CN1CCCC1c1ccsc1)Nc1nncs1. The number of anilines is 1. The lowest BCUT2D eigenvalue weighted by Gasteiger charge is -2.22. The molecule has 5 nitrogen and oxygen atoms in total. The minimum absolute atomic E-state index is 0.0149. The molecule has 0 saturated carbocycles. The monoisotopic (exact) mass is 294 g/mol. The Morgan fingerprint density at radius 3 is 3.26 bits per heavy atom. The van der Waals surface area contributed by atoms with Gasteiger partial charge in [-0.15, -0.1) is 10.2 Å². The maximum atomic E-state index is 12.0. The van der Waals surface area contributed by atoms with Gasteiger partial charge in [0.25, 0.3) is 0 Å². The fourth-order valence-corrected chi connectivity index (χ4v) is 3.60. The van der Waals surface area contributed by atoms with Crippen LogP contribution in [0.5, 0.6) is 0 Å². The lowest BCUT2D eigenvalue weighted by atomic mass is 10.1. The van der Waals surface area contributed by atoms with Crippen molar-refractivity contribution in [2.45, 2.75) is 18.9 Å². The predicted octanol–water partition coefficient (Wildman–Crippen LogP) is 2.38. The van der Waals surface area contributed by atoms with Gasteiger partial charge < -0.3 is 0 Å². The highest BCUT2D eigenvalue weighted by molar-refractivity contribution is 7.13. The number of nitrogens with one attached hydrogen (secondary N) is 1. The van der Waals surface area contributed by atoms with Crippen LogP contribution in [0.1, 0.15) is 24.4 Å². The molecular weight excluding hydrogens is 280 g/mol. The number of hydrogen-bond donors (Lipinski definition) is 1. The molecule has 0 spiro atoms. The fraction of sp³-hybridized carbons (Fsp3) is 0.417. The van der Waals surface area contributed by atoms with Crippen LogP contribution in [0.3, 0.4) is 0 Å². The number of amides is 1. The van der Waals surface area contributed by atoms with Crippen molar-refractivity contribution in [1.82, 2.24) is 15.1 Å². The lowest BCUT2D eigenvalue weighted by molar-refractivity contribution is -0.117. The van der Waals surface area contributed by atoms with Crippen LogP contribution in [0, 0.1) is 0 Å². The molecule has 3 rings (SSSR count). The van der Waals surface area contributed by atoms with Gasteiger partial charge in [0.05, 0.1) is 6.54 Å². The van der Waals surface area contributed by atoms with E-state index >= 15 is 0 Å². The molecule has 3 heterocycles. The molecular formula is C12H14N4OS2. The van der Waals surface area contributed by atoms with Crippen molar-refractivity contribution in [3.05, 3.63) is 27.9 Å². The van der Waals surface area contributed by atoms with Gasteiger partial charge in [-0.1, -0.05) is 11.3 Å². The Hall–Kier alpha value is -1.31. The van der Waals surface area contributed by atoms with Gasteiger partial charge in [-0.2, -0.15) is 11.3 Å². The maximum absolute atomic E-state index is 12.0. The molecule has 1 N–H and O–H groups in total. The van der Waals surface area contributed by atoms with Crippen LogP contribution in [0.25, 0.3) is 0 Å². The van der Waals surface area contributed by atoms with Crippen LogP contribution in [0.15, 0.2) is 22.3 Å². The van der Waals surface area contributed by atoms with Crippen molar-refractivity contribution in [3.8, 4) is 0 Å². The van der Waals surface area contributed by atoms with Gasteiger partial charge in [-0.3, -0.25) is 15.0 Å². The largest absolute Gasteiger partial charge is 0.299 e. The Bertz CT molecular complexity index is 526. The first-order valence-corrected chi connectivity index (χ1v) is 7.97. The third kappa shape index (κ3) is 2.99. The minimum atomic E-state index is -0.0149. The standard InChI is InChI=1S/C12H14N4OS2/c17-11(14-12-15-13-8-19-12)6-16-4-1-2-10(16)9-3-5-18-7-9/h3,5,7-8,10H,1-2,4,6H2,(H,14,15,17). The zero-order chi connectivity index (χ0) is 13.1. The summed E-state index contributed by atoms with van der Waals surface area (Å²) < 4.78 is 0. The molecule has 1 atom stereocenters. The van der Waals surface area contributed by atoms with Crippen molar-refractivity contribution in [2.24, 2.45) is 0 Å². The van der Waals surface area contributed by atoms with Gasteiger partial charge >= 0.3 is 0 Å². The molecule has 1 fully saturated rings. The van der Waals surface area contributed by atoms with Gasteiger partial charge in [0, 0.05) is 6.04 Å². The molecule has 2 aromatic heterocycles. The van der Waals surface area contributed by atoms with Crippen LogP contribution >= 0.6 is 22.7 Å². The quantitative estimate of drug-likeness (QED) is 0.940. The summed E-state index contributed by atoms with van der Waals surface area (Å²) in [5.74, 6) is -0.0149. The average Bonchev–Trinajstić information content (AvgIpc) is 3.09. The second kappa shape index (κ2) is 5.77. The van der Waals surface area contributed by atoms with Crippen LogP contribution in [0.4, 0.5) is 5.13 Å². The van der Waals surface area contributed by atoms with Crippen molar-refractivity contribution < 1.29 is 4.79 Å². The molecule has 100 valence electrons. The molecule has 1 aliphatic rings. The molecule has 0 aromatic carbocycles. The summed E-state index contributed by atoms with van der Waals surface area (Å²) in [7, 11) is 0. The third-order valence-electron chi connectivity index (χ3n) is 3.24. The summed E-state index contributed by atoms with van der Waals surface area (Å²) in [6.07, 6.45) is 2.27. The number of rotatable bonds is 4. The van der Waals surface area contributed by atoms with Gasteiger partial charge in [0.1, 0.15) is 5.51 Å². The molecule has 0 radical (unpaired) electrons. The molecule has 1 saturated heterocycles. The van der Waals surface area contributed by atoms with E-state index in [0.29, 0.717) is 17.7 Å². The average molecular weight is 294 g/mol. The van der Waals surface area contributed by atoms with Crippen molar-refractivity contribution in [1.29, 1.82) is 0 Å². The van der Waals surface area contributed by atoms with Gasteiger partial charge in [-0.05, 0) is 41.8 Å². The number of carbonyl (C=O) groups is 1. The molecule has 1 aliphatic heterocycles. The number of nitrogens with zero attached hydrogens (tertiary/aromatic N) is 3. The molecule has 1 unspecified atom stereocenters. The Kier molecular flexibility index (Phi) is 3.86. The smallest absolute Gasteiger partial charge is 0.240 e. The van der Waals surface area contributed by atoms with E-state index in [1.54, 1.807) is 16.8 Å². The van der Waals surface area contributed by atoms with Crippen molar-refractivity contribution in [2.75, 3.05) is 18.4 Å². The molecule has 19 heavy (non-hydrogen) atoms. The van der Waals surface area contributed by atoms with Gasteiger partial charge in [0.2, 0.25) is 11.0 Å². The van der Waals surface area contributed by atoms with Gasteiger partial charge in [0.15, 0.2) is 0 Å². The van der Waals surface area contributed by atoms with E-state index in [4.69, 9.17) is 0 Å². The van der Waals surface area contributed by atoms with E-state index in [-0.39, 0.29) is 5.91 Å². The highest BCUT2D eigenvalue weighted by Gasteiger charge is 2.27. The molecule has 0 aliphatic carbocycles. The predicted molar refractivity (Wildman–Crippen MR) is 76.4 cm³/mol. The Balaban J connectivity index is 1.61. The normalized spacial score (nSPS) is 19.7. The summed E-state index contributed by atoms with van der Waals surface area (Å²) in [4.78, 5) is 14.2. The maximum Gasteiger partial charge on any atom is 0.240 e. The number of carbonyl (C=O) groups excluding carboxylic acids is 1. The van der Waals surface area contributed by atoms with E-state index in [1.165, 1.54) is 16.9 Å². The van der Waals surface area contributed by atoms with Crippen LogP contribution in [-0.4, -0.2) is 34.1 Å². The first-order valence-electron chi connectivity index (χ1n) is 6.15. The third-order valence-corrected chi connectivity index (χ3v) is 4.55. The van der Waals surface area contributed by atoms with Crippen LogP contribution in [-0.2, 0) is 4.79 Å². The molecule has 0 bridgehead atoms. The molecule has 2 aromatic rings. The topological polar surface area (TPSA) is 58.1 Å². The Morgan fingerprint density at radius 1 is 1.58 bits per heavy atom. The number of likely N-dealkylation sites (tertiary alicyclic amines) is 1. The highest BCUT2D eigenvalue weighted by atomic mass is 32.1.